The molecule has 74 heavy (non-hydrogen) atoms. The zero-order chi connectivity index (χ0) is 52.2. The molecule has 1 amide bonds. The smallest absolute Gasteiger partial charge is 0.457 e. The largest absolute Gasteiger partial charge is 0.477 e. The summed E-state index contributed by atoms with van der Waals surface area (Å²) in [5.74, 6) is -0.805. The van der Waals surface area contributed by atoms with Gasteiger partial charge in [0.2, 0.25) is 3.79 Å². The van der Waals surface area contributed by atoms with Gasteiger partial charge in [0.15, 0.2) is 12.4 Å². The number of amides is 1. The van der Waals surface area contributed by atoms with Crippen molar-refractivity contribution < 1.29 is 69.5 Å². The number of phosphoric acid groups is 2. The first kappa shape index (κ1) is 58.3. The number of alkyl halides is 3. The third kappa shape index (κ3) is 19.0. The quantitative estimate of drug-likeness (QED) is 0.0271. The van der Waals surface area contributed by atoms with Gasteiger partial charge in [-0.2, -0.15) is 0 Å². The SMILES string of the molecule is CCCCCCCCCCC[C@H](CC(=O)O[C@H]1[C@H](OP2(=O)OCc3ccccc3CO2)[C@@H](COCc2ccccc2)OC(OP2(=O)OCc3ccccc3CO2)[C@@H]1NC(=O)OCC(Cl)(Cl)Cl)OCc1ccccc1. The van der Waals surface area contributed by atoms with Crippen LogP contribution in [0, 0.1) is 0 Å². The van der Waals surface area contributed by atoms with Gasteiger partial charge in [0.05, 0.1) is 58.8 Å². The zero-order valence-corrected chi connectivity index (χ0v) is 45.5. The standard InChI is InChI=1S/C53H66Cl3NO15P2/c1-2-3-4-5-6-7-8-9-16-29-45(63-32-40-23-14-11-15-24-40)30-47(58)70-50-48(57-52(59)64-38-53(54,55)56)51(72-74(61)67-35-43-27-19-20-28-44(43)36-68-74)69-46(37-62-31-39-21-12-10-13-22-39)49(50)71-73(60)65-33-41-25-17-18-26-42(41)34-66-73/h10-15,17-28,45-46,48-51H,2-9,16,29-38H2,1H3,(H,57,59)/t45-,46-,48-,49-,50-,51?/m1/s1. The Kier molecular flexibility index (Phi) is 23.1. The van der Waals surface area contributed by atoms with Crippen molar-refractivity contribution in [2.45, 2.75) is 158 Å². The minimum Gasteiger partial charge on any atom is -0.457 e. The van der Waals surface area contributed by atoms with E-state index in [-0.39, 0.29) is 52.7 Å². The van der Waals surface area contributed by atoms with Crippen LogP contribution in [0.2, 0.25) is 0 Å². The Balaban J connectivity index is 1.21. The van der Waals surface area contributed by atoms with E-state index in [1.807, 2.05) is 60.7 Å². The second kappa shape index (κ2) is 29.4. The predicted molar refractivity (Wildman–Crippen MR) is 278 cm³/mol. The molecule has 3 aliphatic heterocycles. The van der Waals surface area contributed by atoms with E-state index in [9.17, 15) is 18.7 Å². The second-order valence-corrected chi connectivity index (χ2v) is 24.1. The van der Waals surface area contributed by atoms with Crippen LogP contribution in [0.25, 0.3) is 0 Å². The lowest BCUT2D eigenvalue weighted by molar-refractivity contribution is -0.255. The van der Waals surface area contributed by atoms with Crippen LogP contribution >= 0.6 is 50.4 Å². The molecule has 0 spiro atoms. The summed E-state index contributed by atoms with van der Waals surface area (Å²) >= 11 is 17.9. The molecule has 0 aromatic heterocycles. The number of nitrogens with one attached hydrogen (secondary N) is 1. The lowest BCUT2D eigenvalue weighted by Crippen LogP contribution is -2.66. The molecule has 1 unspecified atom stereocenters. The number of phosphoric ester groups is 2. The number of fused-ring (bicyclic) bond motifs is 2. The molecule has 21 heteroatoms. The van der Waals surface area contributed by atoms with Crippen molar-refractivity contribution in [3.63, 3.8) is 0 Å². The molecule has 6 atom stereocenters. The van der Waals surface area contributed by atoms with Crippen LogP contribution in [-0.4, -0.2) is 65.8 Å². The maximum Gasteiger partial charge on any atom is 0.477 e. The summed E-state index contributed by atoms with van der Waals surface area (Å²) in [4.78, 5) is 28.6. The van der Waals surface area contributed by atoms with Gasteiger partial charge in [0, 0.05) is 0 Å². The molecule has 0 radical (unpaired) electrons. The van der Waals surface area contributed by atoms with Gasteiger partial charge in [0.25, 0.3) is 0 Å². The van der Waals surface area contributed by atoms with E-state index in [2.05, 4.69) is 12.2 Å². The number of unbranched alkanes of at least 4 members (excludes halogenated alkanes) is 8. The van der Waals surface area contributed by atoms with Crippen LogP contribution in [0.5, 0.6) is 0 Å². The van der Waals surface area contributed by atoms with Crippen LogP contribution in [0.15, 0.2) is 109 Å². The number of carbonyl (C=O) groups excluding carboxylic acids is 2. The van der Waals surface area contributed by atoms with Gasteiger partial charge in [-0.05, 0) is 39.8 Å². The lowest BCUT2D eigenvalue weighted by atomic mass is 9.96. The van der Waals surface area contributed by atoms with E-state index in [4.69, 9.17) is 85.6 Å². The Hall–Kier alpha value is -3.41. The van der Waals surface area contributed by atoms with Crippen molar-refractivity contribution in [1.82, 2.24) is 5.32 Å². The third-order valence-corrected chi connectivity index (χ3v) is 15.6. The Morgan fingerprint density at radius 3 is 1.66 bits per heavy atom. The molecule has 0 aliphatic carbocycles. The highest BCUT2D eigenvalue weighted by atomic mass is 35.6. The average Bonchev–Trinajstić information content (AvgIpc) is 3.67. The predicted octanol–water partition coefficient (Wildman–Crippen LogP) is 13.3. The van der Waals surface area contributed by atoms with Gasteiger partial charge >= 0.3 is 27.7 Å². The third-order valence-electron chi connectivity index (χ3n) is 12.5. The van der Waals surface area contributed by atoms with E-state index in [0.717, 1.165) is 36.8 Å². The highest BCUT2D eigenvalue weighted by molar-refractivity contribution is 7.48. The molecule has 1 N–H and O–H groups in total. The molecule has 404 valence electrons. The maximum absolute atomic E-state index is 14.9. The molecule has 3 heterocycles. The lowest BCUT2D eigenvalue weighted by Gasteiger charge is -2.45. The molecule has 1 saturated heterocycles. The van der Waals surface area contributed by atoms with Crippen molar-refractivity contribution in [3.8, 4) is 0 Å². The van der Waals surface area contributed by atoms with Gasteiger partial charge in [-0.25, -0.2) is 13.9 Å². The maximum atomic E-state index is 14.9. The summed E-state index contributed by atoms with van der Waals surface area (Å²) < 4.78 is 94.5. The fraction of sp³-hybridized carbons (Fsp3) is 0.509. The second-order valence-electron chi connectivity index (χ2n) is 18.3. The minimum absolute atomic E-state index is 0.0661. The monoisotopic (exact) mass is 1120 g/mol. The summed E-state index contributed by atoms with van der Waals surface area (Å²) in [5.41, 5.74) is 4.49. The molecule has 4 aromatic carbocycles. The number of alkyl carbamates (subject to hydrolysis) is 1. The minimum atomic E-state index is -4.62. The normalized spacial score (nSPS) is 21.8. The molecule has 1 fully saturated rings. The fourth-order valence-electron chi connectivity index (χ4n) is 8.59. The number of hydrogen-bond donors (Lipinski definition) is 1. The van der Waals surface area contributed by atoms with Crippen molar-refractivity contribution in [2.75, 3.05) is 13.2 Å². The molecule has 4 aromatic rings. The van der Waals surface area contributed by atoms with Crippen molar-refractivity contribution in [1.29, 1.82) is 0 Å². The molecular weight excluding hydrogens is 1060 g/mol. The summed E-state index contributed by atoms with van der Waals surface area (Å²) in [6.45, 7) is 0.730. The number of hydrogen-bond acceptors (Lipinski definition) is 15. The van der Waals surface area contributed by atoms with E-state index >= 15 is 0 Å². The molecule has 16 nitrogen and oxygen atoms in total. The Morgan fingerprint density at radius 2 is 1.14 bits per heavy atom. The number of halogens is 3. The first-order valence-electron chi connectivity index (χ1n) is 25.2. The number of ether oxygens (including phenoxy) is 5. The van der Waals surface area contributed by atoms with Crippen LogP contribution in [-0.2, 0) is 104 Å². The van der Waals surface area contributed by atoms with Gasteiger partial charge in [-0.3, -0.25) is 31.9 Å². The molecule has 3 aliphatic rings. The molecule has 7 rings (SSSR count). The van der Waals surface area contributed by atoms with E-state index in [1.165, 1.54) is 32.1 Å². The number of esters is 1. The zero-order valence-electron chi connectivity index (χ0n) is 41.4. The van der Waals surface area contributed by atoms with Gasteiger partial charge in [-0.15, -0.1) is 0 Å². The Bertz CT molecular complexity index is 2390. The molecule has 0 bridgehead atoms. The highest BCUT2D eigenvalue weighted by Gasteiger charge is 2.56. The van der Waals surface area contributed by atoms with Crippen LogP contribution < -0.4 is 5.32 Å². The number of benzene rings is 4. The van der Waals surface area contributed by atoms with Crippen molar-refractivity contribution in [2.24, 2.45) is 0 Å². The topological polar surface area (TPSA) is 182 Å². The Morgan fingerprint density at radius 1 is 0.649 bits per heavy atom. The van der Waals surface area contributed by atoms with Gasteiger partial charge in [-0.1, -0.05) is 209 Å². The van der Waals surface area contributed by atoms with Crippen molar-refractivity contribution >= 4 is 62.5 Å². The first-order chi connectivity index (χ1) is 35.8. The van der Waals surface area contributed by atoms with Gasteiger partial charge < -0.3 is 29.0 Å². The number of rotatable bonds is 26. The van der Waals surface area contributed by atoms with E-state index in [1.54, 1.807) is 48.5 Å². The summed E-state index contributed by atoms with van der Waals surface area (Å²) in [5, 5.41) is 2.60. The van der Waals surface area contributed by atoms with Crippen molar-refractivity contribution in [3.05, 3.63) is 143 Å². The summed E-state index contributed by atoms with van der Waals surface area (Å²) in [6.07, 6.45) is 1.73. The molecular formula is C53H66Cl3NO15P2. The fourth-order valence-corrected chi connectivity index (χ4v) is 11.3. The number of carbonyl (C=O) groups is 2. The Labute approximate surface area is 448 Å². The highest BCUT2D eigenvalue weighted by Crippen LogP contribution is 2.57. The first-order valence-corrected chi connectivity index (χ1v) is 29.2. The van der Waals surface area contributed by atoms with Gasteiger partial charge in [0.1, 0.15) is 24.9 Å². The van der Waals surface area contributed by atoms with E-state index in [0.29, 0.717) is 28.7 Å². The molecule has 0 saturated carbocycles. The van der Waals surface area contributed by atoms with Crippen LogP contribution in [0.4, 0.5) is 4.79 Å². The van der Waals surface area contributed by atoms with Crippen LogP contribution in [0.1, 0.15) is 111 Å². The summed E-state index contributed by atoms with van der Waals surface area (Å²) in [7, 11) is -9.23. The average molecular weight is 1130 g/mol. The summed E-state index contributed by atoms with van der Waals surface area (Å²) in [6, 6.07) is 31.5. The van der Waals surface area contributed by atoms with Crippen LogP contribution in [0.3, 0.4) is 0 Å². The van der Waals surface area contributed by atoms with E-state index < -0.39 is 74.9 Å².